The normalized spacial score (nSPS) is 11.8. The second-order valence-electron chi connectivity index (χ2n) is 4.73. The predicted molar refractivity (Wildman–Crippen MR) is 86.4 cm³/mol. The van der Waals surface area contributed by atoms with Crippen LogP contribution < -0.4 is 10.1 Å². The number of rotatable bonds is 6. The van der Waals surface area contributed by atoms with E-state index in [1.165, 1.54) is 0 Å². The number of nitrogens with one attached hydrogen (secondary N) is 1. The number of amides is 1. The number of ether oxygens (including phenoxy) is 1. The maximum absolute atomic E-state index is 12.0. The first-order chi connectivity index (χ1) is 10.6. The lowest BCUT2D eigenvalue weighted by atomic mass is 10.1. The summed E-state index contributed by atoms with van der Waals surface area (Å²) in [6.45, 7) is 2.62. The molecule has 22 heavy (non-hydrogen) atoms. The second-order valence-corrected chi connectivity index (χ2v) is 5.17. The molecule has 0 fully saturated rings. The van der Waals surface area contributed by atoms with Gasteiger partial charge in [-0.1, -0.05) is 23.7 Å². The molecule has 0 saturated heterocycles. The first-order valence-electron chi connectivity index (χ1n) is 7.04. The molecular formula is C17H18ClNO3. The number of hydrogen-bond acceptors (Lipinski definition) is 3. The second kappa shape index (κ2) is 7.82. The van der Waals surface area contributed by atoms with Gasteiger partial charge in [0.1, 0.15) is 5.75 Å². The van der Waals surface area contributed by atoms with E-state index in [2.05, 4.69) is 5.32 Å². The summed E-state index contributed by atoms with van der Waals surface area (Å²) in [5, 5.41) is 13.3. The minimum atomic E-state index is -0.774. The molecule has 0 heterocycles. The van der Waals surface area contributed by atoms with Gasteiger partial charge in [0.2, 0.25) is 0 Å². The molecular weight excluding hydrogens is 302 g/mol. The zero-order chi connectivity index (χ0) is 15.9. The summed E-state index contributed by atoms with van der Waals surface area (Å²) in [5.41, 5.74) is 1.23. The van der Waals surface area contributed by atoms with Crippen molar-refractivity contribution in [2.75, 3.05) is 13.2 Å². The summed E-state index contributed by atoms with van der Waals surface area (Å²) < 4.78 is 5.32. The fraction of sp³-hybridized carbons (Fsp3) is 0.235. The van der Waals surface area contributed by atoms with Crippen molar-refractivity contribution in [3.8, 4) is 5.75 Å². The Hall–Kier alpha value is -2.04. The summed E-state index contributed by atoms with van der Waals surface area (Å²) in [5.74, 6) is 0.483. The average Bonchev–Trinajstić information content (AvgIpc) is 2.54. The maximum Gasteiger partial charge on any atom is 0.251 e. The van der Waals surface area contributed by atoms with E-state index in [9.17, 15) is 9.90 Å². The van der Waals surface area contributed by atoms with Gasteiger partial charge in [-0.2, -0.15) is 0 Å². The van der Waals surface area contributed by atoms with Gasteiger partial charge < -0.3 is 15.2 Å². The molecule has 0 aliphatic carbocycles. The van der Waals surface area contributed by atoms with Crippen molar-refractivity contribution in [3.63, 3.8) is 0 Å². The average molecular weight is 320 g/mol. The van der Waals surface area contributed by atoms with Crippen LogP contribution in [-0.4, -0.2) is 24.2 Å². The fourth-order valence-electron chi connectivity index (χ4n) is 1.96. The van der Waals surface area contributed by atoms with E-state index in [1.807, 2.05) is 6.92 Å². The Balaban J connectivity index is 1.90. The van der Waals surface area contributed by atoms with Gasteiger partial charge in [-0.15, -0.1) is 0 Å². The first-order valence-corrected chi connectivity index (χ1v) is 7.42. The Labute approximate surface area is 134 Å². The number of carbonyl (C=O) groups excluding carboxylic acids is 1. The van der Waals surface area contributed by atoms with E-state index >= 15 is 0 Å². The van der Waals surface area contributed by atoms with Gasteiger partial charge in [0.25, 0.3) is 5.91 Å². The van der Waals surface area contributed by atoms with Gasteiger partial charge in [0, 0.05) is 17.1 Å². The lowest BCUT2D eigenvalue weighted by Crippen LogP contribution is -2.28. The van der Waals surface area contributed by atoms with E-state index in [4.69, 9.17) is 16.3 Å². The molecule has 1 atom stereocenters. The van der Waals surface area contributed by atoms with E-state index in [0.717, 1.165) is 5.75 Å². The summed E-state index contributed by atoms with van der Waals surface area (Å²) in [7, 11) is 0. The SMILES string of the molecule is CCOc1ccc(C(=O)NCC(O)c2ccc(Cl)cc2)cc1. The summed E-state index contributed by atoms with van der Waals surface area (Å²) in [4.78, 5) is 12.0. The van der Waals surface area contributed by atoms with E-state index in [0.29, 0.717) is 22.8 Å². The standard InChI is InChI=1S/C17H18ClNO3/c1-2-22-15-9-5-13(6-10-15)17(21)19-11-16(20)12-3-7-14(18)8-4-12/h3-10,16,20H,2,11H2,1H3,(H,19,21). The van der Waals surface area contributed by atoms with Crippen LogP contribution in [0.15, 0.2) is 48.5 Å². The van der Waals surface area contributed by atoms with Crippen LogP contribution in [-0.2, 0) is 0 Å². The third-order valence-electron chi connectivity index (χ3n) is 3.14. The van der Waals surface area contributed by atoms with Crippen LogP contribution in [0.4, 0.5) is 0 Å². The van der Waals surface area contributed by atoms with Gasteiger partial charge in [-0.3, -0.25) is 4.79 Å². The molecule has 5 heteroatoms. The van der Waals surface area contributed by atoms with Crippen LogP contribution in [0.3, 0.4) is 0 Å². The highest BCUT2D eigenvalue weighted by Crippen LogP contribution is 2.16. The number of halogens is 1. The zero-order valence-corrected chi connectivity index (χ0v) is 13.0. The first kappa shape index (κ1) is 16.3. The Morgan fingerprint density at radius 1 is 1.18 bits per heavy atom. The largest absolute Gasteiger partial charge is 0.494 e. The molecule has 2 aromatic rings. The van der Waals surface area contributed by atoms with Crippen LogP contribution in [0.1, 0.15) is 28.9 Å². The maximum atomic E-state index is 12.0. The minimum absolute atomic E-state index is 0.133. The highest BCUT2D eigenvalue weighted by molar-refractivity contribution is 6.30. The van der Waals surface area contributed by atoms with Crippen molar-refractivity contribution < 1.29 is 14.6 Å². The van der Waals surface area contributed by atoms with E-state index in [-0.39, 0.29) is 12.5 Å². The quantitative estimate of drug-likeness (QED) is 0.859. The van der Waals surface area contributed by atoms with E-state index < -0.39 is 6.10 Å². The molecule has 1 unspecified atom stereocenters. The van der Waals surface area contributed by atoms with E-state index in [1.54, 1.807) is 48.5 Å². The highest BCUT2D eigenvalue weighted by Gasteiger charge is 2.11. The van der Waals surface area contributed by atoms with Gasteiger partial charge in [-0.05, 0) is 48.9 Å². The molecule has 1 amide bonds. The third-order valence-corrected chi connectivity index (χ3v) is 3.39. The van der Waals surface area contributed by atoms with Crippen LogP contribution in [0.25, 0.3) is 0 Å². The van der Waals surface area contributed by atoms with Gasteiger partial charge in [0.15, 0.2) is 0 Å². The molecule has 0 aliphatic rings. The number of carbonyl (C=O) groups is 1. The summed E-state index contributed by atoms with van der Waals surface area (Å²) in [6.07, 6.45) is -0.774. The summed E-state index contributed by atoms with van der Waals surface area (Å²) >= 11 is 5.80. The molecule has 4 nitrogen and oxygen atoms in total. The van der Waals surface area contributed by atoms with Crippen LogP contribution in [0.5, 0.6) is 5.75 Å². The zero-order valence-electron chi connectivity index (χ0n) is 12.3. The Bertz CT molecular complexity index is 611. The van der Waals surface area contributed by atoms with Crippen LogP contribution >= 0.6 is 11.6 Å². The highest BCUT2D eigenvalue weighted by atomic mass is 35.5. The van der Waals surface area contributed by atoms with Crippen molar-refractivity contribution >= 4 is 17.5 Å². The fourth-order valence-corrected chi connectivity index (χ4v) is 2.09. The van der Waals surface area contributed by atoms with Crippen molar-refractivity contribution in [3.05, 3.63) is 64.7 Å². The smallest absolute Gasteiger partial charge is 0.251 e. The molecule has 0 bridgehead atoms. The molecule has 0 radical (unpaired) electrons. The number of benzene rings is 2. The Morgan fingerprint density at radius 2 is 1.82 bits per heavy atom. The van der Waals surface area contributed by atoms with Crippen molar-refractivity contribution in [2.45, 2.75) is 13.0 Å². The number of aliphatic hydroxyl groups excluding tert-OH is 1. The number of hydrogen-bond donors (Lipinski definition) is 2. The van der Waals surface area contributed by atoms with Crippen molar-refractivity contribution in [2.24, 2.45) is 0 Å². The molecule has 0 saturated carbocycles. The lowest BCUT2D eigenvalue weighted by Gasteiger charge is -2.12. The molecule has 116 valence electrons. The van der Waals surface area contributed by atoms with Gasteiger partial charge in [0.05, 0.1) is 12.7 Å². The Kier molecular flexibility index (Phi) is 5.81. The monoisotopic (exact) mass is 319 g/mol. The molecule has 0 spiro atoms. The van der Waals surface area contributed by atoms with Crippen LogP contribution in [0, 0.1) is 0 Å². The molecule has 0 aromatic heterocycles. The van der Waals surface area contributed by atoms with Gasteiger partial charge in [-0.25, -0.2) is 0 Å². The van der Waals surface area contributed by atoms with Crippen molar-refractivity contribution in [1.82, 2.24) is 5.32 Å². The Morgan fingerprint density at radius 3 is 2.41 bits per heavy atom. The molecule has 0 aliphatic heterocycles. The molecule has 2 N–H and O–H groups in total. The van der Waals surface area contributed by atoms with Gasteiger partial charge >= 0.3 is 0 Å². The summed E-state index contributed by atoms with van der Waals surface area (Å²) in [6, 6.07) is 13.7. The predicted octanol–water partition coefficient (Wildman–Crippen LogP) is 3.20. The number of aliphatic hydroxyl groups is 1. The lowest BCUT2D eigenvalue weighted by molar-refractivity contribution is 0.0916. The molecule has 2 rings (SSSR count). The van der Waals surface area contributed by atoms with Crippen molar-refractivity contribution in [1.29, 1.82) is 0 Å². The van der Waals surface area contributed by atoms with Crippen LogP contribution in [0.2, 0.25) is 5.02 Å². The third kappa shape index (κ3) is 4.48. The topological polar surface area (TPSA) is 58.6 Å². The minimum Gasteiger partial charge on any atom is -0.494 e. The molecule has 2 aromatic carbocycles.